The second kappa shape index (κ2) is 5.30. The van der Waals surface area contributed by atoms with Crippen molar-refractivity contribution in [3.63, 3.8) is 0 Å². The normalized spacial score (nSPS) is 23.0. The molecule has 18 heavy (non-hydrogen) atoms. The van der Waals surface area contributed by atoms with Gasteiger partial charge in [0.15, 0.2) is 5.82 Å². The van der Waals surface area contributed by atoms with Crippen LogP contribution in [0.5, 0.6) is 0 Å². The Bertz CT molecular complexity index is 453. The van der Waals surface area contributed by atoms with Gasteiger partial charge >= 0.3 is 0 Å². The highest BCUT2D eigenvalue weighted by atomic mass is 19.1. The molecule has 0 aliphatic carbocycles. The second-order valence-electron chi connectivity index (χ2n) is 4.43. The molecule has 1 aromatic carbocycles. The summed E-state index contributed by atoms with van der Waals surface area (Å²) in [6.45, 7) is 3.33. The minimum absolute atomic E-state index is 0.165. The predicted molar refractivity (Wildman–Crippen MR) is 65.1 cm³/mol. The Morgan fingerprint density at radius 2 is 2.39 bits per heavy atom. The molecule has 2 atom stereocenters. The van der Waals surface area contributed by atoms with E-state index in [1.54, 1.807) is 0 Å². The monoisotopic (exact) mass is 254 g/mol. The number of nitrogens with zero attached hydrogens (tertiary/aromatic N) is 1. The summed E-state index contributed by atoms with van der Waals surface area (Å²) < 4.78 is 19.0. The van der Waals surface area contributed by atoms with Crippen LogP contribution in [0.15, 0.2) is 18.2 Å². The van der Waals surface area contributed by atoms with Gasteiger partial charge in [0.1, 0.15) is 0 Å². The van der Waals surface area contributed by atoms with E-state index in [9.17, 15) is 14.5 Å². The maximum Gasteiger partial charge on any atom is 0.272 e. The van der Waals surface area contributed by atoms with E-state index in [0.717, 1.165) is 19.1 Å². The van der Waals surface area contributed by atoms with Crippen molar-refractivity contribution in [2.24, 2.45) is 5.92 Å². The number of rotatable bonds is 4. The quantitative estimate of drug-likeness (QED) is 0.662. The highest BCUT2D eigenvalue weighted by molar-refractivity contribution is 5.50. The van der Waals surface area contributed by atoms with Crippen LogP contribution in [0, 0.1) is 21.8 Å². The molecule has 0 saturated carbocycles. The molecule has 1 aliphatic rings. The Hall–Kier alpha value is -1.69. The average molecular weight is 254 g/mol. The number of halogens is 1. The van der Waals surface area contributed by atoms with Gasteiger partial charge in [-0.1, -0.05) is 0 Å². The summed E-state index contributed by atoms with van der Waals surface area (Å²) in [5.41, 5.74) is 0.0512. The number of benzene rings is 1. The Labute approximate surface area is 104 Å². The first-order valence-electron chi connectivity index (χ1n) is 5.87. The molecule has 1 heterocycles. The van der Waals surface area contributed by atoms with Gasteiger partial charge in [0, 0.05) is 25.1 Å². The number of hydrogen-bond acceptors (Lipinski definition) is 4. The molecule has 5 nitrogen and oxygen atoms in total. The highest BCUT2D eigenvalue weighted by Crippen LogP contribution is 2.24. The van der Waals surface area contributed by atoms with Crippen molar-refractivity contribution in [1.82, 2.24) is 0 Å². The number of anilines is 1. The standard InChI is InChI=1S/C12H15FN2O3/c1-8-9(4-5-18-8)7-14-12-3-2-10(15(16)17)6-11(12)13/h2-3,6,8-9,14H,4-5,7H2,1H3. The molecule has 1 fully saturated rings. The van der Waals surface area contributed by atoms with Crippen LogP contribution in [0.4, 0.5) is 15.8 Å². The summed E-state index contributed by atoms with van der Waals surface area (Å²) in [6.07, 6.45) is 1.11. The Morgan fingerprint density at radius 1 is 1.61 bits per heavy atom. The topological polar surface area (TPSA) is 64.4 Å². The number of non-ortho nitro benzene ring substituents is 1. The smallest absolute Gasteiger partial charge is 0.272 e. The van der Waals surface area contributed by atoms with Crippen LogP contribution in [0.3, 0.4) is 0 Å². The molecule has 1 N–H and O–H groups in total. The third-order valence-corrected chi connectivity index (χ3v) is 3.25. The molecule has 1 saturated heterocycles. The van der Waals surface area contributed by atoms with E-state index >= 15 is 0 Å². The molecule has 0 aromatic heterocycles. The number of nitrogens with one attached hydrogen (secondary N) is 1. The van der Waals surface area contributed by atoms with Crippen molar-refractivity contribution < 1.29 is 14.1 Å². The summed E-state index contributed by atoms with van der Waals surface area (Å²) in [5, 5.41) is 13.5. The third-order valence-electron chi connectivity index (χ3n) is 3.25. The fourth-order valence-corrected chi connectivity index (χ4v) is 2.05. The van der Waals surface area contributed by atoms with Crippen molar-refractivity contribution in [3.05, 3.63) is 34.1 Å². The lowest BCUT2D eigenvalue weighted by molar-refractivity contribution is -0.385. The van der Waals surface area contributed by atoms with Gasteiger partial charge in [0.05, 0.1) is 22.8 Å². The van der Waals surface area contributed by atoms with E-state index < -0.39 is 10.7 Å². The summed E-state index contributed by atoms with van der Waals surface area (Å²) >= 11 is 0. The Kier molecular flexibility index (Phi) is 3.76. The van der Waals surface area contributed by atoms with E-state index in [1.165, 1.54) is 12.1 Å². The molecule has 6 heteroatoms. The minimum Gasteiger partial charge on any atom is -0.382 e. The predicted octanol–water partition coefficient (Wildman–Crippen LogP) is 2.57. The lowest BCUT2D eigenvalue weighted by atomic mass is 10.0. The van der Waals surface area contributed by atoms with E-state index in [4.69, 9.17) is 4.74 Å². The molecule has 0 radical (unpaired) electrons. The summed E-state index contributed by atoms with van der Waals surface area (Å²) in [6, 6.07) is 3.62. The van der Waals surface area contributed by atoms with Crippen LogP contribution in [0.25, 0.3) is 0 Å². The zero-order valence-electron chi connectivity index (χ0n) is 10.1. The molecule has 0 bridgehead atoms. The first-order chi connectivity index (χ1) is 8.58. The van der Waals surface area contributed by atoms with Crippen LogP contribution in [0.1, 0.15) is 13.3 Å². The number of ether oxygens (including phenoxy) is 1. The van der Waals surface area contributed by atoms with Crippen molar-refractivity contribution in [3.8, 4) is 0 Å². The molecule has 0 amide bonds. The molecule has 1 aromatic rings. The summed E-state index contributed by atoms with van der Waals surface area (Å²) in [7, 11) is 0. The maximum atomic E-state index is 13.6. The molecular formula is C12H15FN2O3. The van der Waals surface area contributed by atoms with Gasteiger partial charge in [-0.15, -0.1) is 0 Å². The van der Waals surface area contributed by atoms with E-state index in [0.29, 0.717) is 18.2 Å². The lowest BCUT2D eigenvalue weighted by Crippen LogP contribution is -2.21. The van der Waals surface area contributed by atoms with Gasteiger partial charge in [-0.3, -0.25) is 10.1 Å². The first-order valence-corrected chi connectivity index (χ1v) is 5.87. The largest absolute Gasteiger partial charge is 0.382 e. The van der Waals surface area contributed by atoms with Crippen LogP contribution in [-0.4, -0.2) is 24.2 Å². The van der Waals surface area contributed by atoms with E-state index in [2.05, 4.69) is 5.32 Å². The number of nitro groups is 1. The van der Waals surface area contributed by atoms with E-state index in [1.807, 2.05) is 6.92 Å². The van der Waals surface area contributed by atoms with Crippen molar-refractivity contribution >= 4 is 11.4 Å². The Morgan fingerprint density at radius 3 is 2.94 bits per heavy atom. The fourth-order valence-electron chi connectivity index (χ4n) is 2.05. The van der Waals surface area contributed by atoms with Crippen molar-refractivity contribution in [2.75, 3.05) is 18.5 Å². The zero-order chi connectivity index (χ0) is 13.1. The van der Waals surface area contributed by atoms with Crippen LogP contribution >= 0.6 is 0 Å². The van der Waals surface area contributed by atoms with Gasteiger partial charge in [0.2, 0.25) is 0 Å². The van der Waals surface area contributed by atoms with Crippen molar-refractivity contribution in [1.29, 1.82) is 0 Å². The van der Waals surface area contributed by atoms with Crippen LogP contribution < -0.4 is 5.32 Å². The molecule has 1 aliphatic heterocycles. The second-order valence-corrected chi connectivity index (χ2v) is 4.43. The number of hydrogen-bond donors (Lipinski definition) is 1. The van der Waals surface area contributed by atoms with Crippen LogP contribution in [0.2, 0.25) is 0 Å². The van der Waals surface area contributed by atoms with Gasteiger partial charge < -0.3 is 10.1 Å². The lowest BCUT2D eigenvalue weighted by Gasteiger charge is -2.15. The molecule has 0 spiro atoms. The summed E-state index contributed by atoms with van der Waals surface area (Å²) in [4.78, 5) is 9.87. The molecule has 98 valence electrons. The minimum atomic E-state index is -0.611. The maximum absolute atomic E-state index is 13.6. The average Bonchev–Trinajstić information content (AvgIpc) is 2.73. The molecule has 2 rings (SSSR count). The fraction of sp³-hybridized carbons (Fsp3) is 0.500. The molecular weight excluding hydrogens is 239 g/mol. The summed E-state index contributed by atoms with van der Waals surface area (Å²) in [5.74, 6) is -0.254. The van der Waals surface area contributed by atoms with Gasteiger partial charge in [-0.05, 0) is 19.4 Å². The van der Waals surface area contributed by atoms with Gasteiger partial charge in [-0.25, -0.2) is 4.39 Å². The SMILES string of the molecule is CC1OCCC1CNc1ccc([N+](=O)[O-])cc1F. The third kappa shape index (κ3) is 2.76. The Balaban J connectivity index is 1.99. The van der Waals surface area contributed by atoms with Crippen molar-refractivity contribution in [2.45, 2.75) is 19.4 Å². The van der Waals surface area contributed by atoms with Gasteiger partial charge in [-0.2, -0.15) is 0 Å². The highest BCUT2D eigenvalue weighted by Gasteiger charge is 2.24. The zero-order valence-corrected chi connectivity index (χ0v) is 10.1. The van der Waals surface area contributed by atoms with Crippen LogP contribution in [-0.2, 0) is 4.74 Å². The van der Waals surface area contributed by atoms with Gasteiger partial charge in [0.25, 0.3) is 5.69 Å². The first kappa shape index (κ1) is 12.8. The van der Waals surface area contributed by atoms with E-state index in [-0.39, 0.29) is 11.8 Å². The number of nitro benzene ring substituents is 1. The molecule has 2 unspecified atom stereocenters.